The first-order chi connectivity index (χ1) is 22.3. The standard InChI is InChI=1S/C12H7Br2F3O3S.C10H6Br2O2.C2F6O5S2/c1-6-2-7-5-11(20-21(18,19)12(15,16)17)10(14)4-8(7)3-9(6)13;11-7-1-5-2-8(12)10(14)4-6(5)3-9(7)13;3-1(4,5)14(9,10)13-15(11,12)2(6,7)8/h2-5H,1H3;1-4,13-14H;. The molecule has 0 amide bonds. The number of alkyl halides is 9. The van der Waals surface area contributed by atoms with Gasteiger partial charge in [0.1, 0.15) is 11.5 Å². The van der Waals surface area contributed by atoms with Gasteiger partial charge in [0.25, 0.3) is 0 Å². The van der Waals surface area contributed by atoms with E-state index in [1.54, 1.807) is 43.3 Å². The first-order valence-corrected chi connectivity index (χ1v) is 19.2. The Morgan fingerprint density at radius 1 is 0.500 bits per heavy atom. The van der Waals surface area contributed by atoms with Crippen LogP contribution in [-0.2, 0) is 34.0 Å². The van der Waals surface area contributed by atoms with Crippen LogP contribution in [0.5, 0.6) is 17.2 Å². The van der Waals surface area contributed by atoms with Gasteiger partial charge in [-0.05, 0) is 124 Å². The van der Waals surface area contributed by atoms with Gasteiger partial charge in [0.05, 0.1) is 13.4 Å². The summed E-state index contributed by atoms with van der Waals surface area (Å²) < 4.78 is 176. The zero-order valence-corrected chi connectivity index (χ0v) is 32.2. The average molecular weight is 1050 g/mol. The topological polar surface area (TPSA) is 161 Å². The molecule has 0 saturated carbocycles. The van der Waals surface area contributed by atoms with Gasteiger partial charge < -0.3 is 14.4 Å². The lowest BCUT2D eigenvalue weighted by atomic mass is 10.1. The maximum atomic E-state index is 12.3. The molecule has 0 atom stereocenters. The van der Waals surface area contributed by atoms with Crippen LogP contribution in [0.15, 0.2) is 66.4 Å². The molecule has 0 saturated heterocycles. The molecule has 0 aliphatic rings. The van der Waals surface area contributed by atoms with Crippen molar-refractivity contribution in [1.29, 1.82) is 0 Å². The van der Waals surface area contributed by atoms with Crippen molar-refractivity contribution in [1.82, 2.24) is 0 Å². The van der Waals surface area contributed by atoms with Gasteiger partial charge in [-0.25, -0.2) is 0 Å². The smallest absolute Gasteiger partial charge is 0.507 e. The second-order valence-electron chi connectivity index (χ2n) is 9.04. The van der Waals surface area contributed by atoms with Crippen molar-refractivity contribution in [2.75, 3.05) is 0 Å². The molecule has 278 valence electrons. The van der Waals surface area contributed by atoms with E-state index in [0.717, 1.165) is 26.2 Å². The van der Waals surface area contributed by atoms with Crippen LogP contribution in [0.25, 0.3) is 21.5 Å². The van der Waals surface area contributed by atoms with E-state index in [4.69, 9.17) is 0 Å². The van der Waals surface area contributed by atoms with Crippen LogP contribution >= 0.6 is 63.7 Å². The van der Waals surface area contributed by atoms with E-state index in [9.17, 15) is 75.0 Å². The lowest BCUT2D eigenvalue weighted by Crippen LogP contribution is -2.34. The zero-order valence-electron chi connectivity index (χ0n) is 23.4. The van der Waals surface area contributed by atoms with E-state index < -0.39 is 52.6 Å². The SMILES string of the molecule is Cc1cc2cc(OS(=O)(=O)C(F)(F)F)c(Br)cc2cc1Br.O=S(=O)(OS(=O)(=O)C(F)(F)F)C(F)(F)F.Oc1cc2cc(O)c(Br)cc2cc1Br. The predicted molar refractivity (Wildman–Crippen MR) is 173 cm³/mol. The third-order valence-corrected chi connectivity index (χ3v) is 11.6. The molecule has 0 aromatic heterocycles. The van der Waals surface area contributed by atoms with Gasteiger partial charge in [0.2, 0.25) is 0 Å². The van der Waals surface area contributed by atoms with Gasteiger partial charge in [-0.1, -0.05) is 22.0 Å². The first kappa shape index (κ1) is 44.1. The van der Waals surface area contributed by atoms with Gasteiger partial charge in [0, 0.05) is 4.47 Å². The Morgan fingerprint density at radius 3 is 1.20 bits per heavy atom. The predicted octanol–water partition coefficient (Wildman–Crippen LogP) is 9.38. The van der Waals surface area contributed by atoms with Crippen LogP contribution in [0.4, 0.5) is 39.5 Å². The Balaban J connectivity index is 0.000000268. The molecule has 4 aromatic rings. The highest BCUT2D eigenvalue weighted by molar-refractivity contribution is 9.11. The second kappa shape index (κ2) is 15.5. The third-order valence-electron chi connectivity index (χ3n) is 5.37. The van der Waals surface area contributed by atoms with E-state index >= 15 is 0 Å². The maximum Gasteiger partial charge on any atom is 0.534 e. The fourth-order valence-corrected chi connectivity index (χ4v) is 6.74. The number of aryl methyl sites for hydroxylation is 1. The molecule has 0 heterocycles. The summed E-state index contributed by atoms with van der Waals surface area (Å²) in [5, 5.41) is 21.9. The normalized spacial score (nSPS) is 12.9. The molecule has 10 nitrogen and oxygen atoms in total. The van der Waals surface area contributed by atoms with E-state index in [-0.39, 0.29) is 16.0 Å². The van der Waals surface area contributed by atoms with Gasteiger partial charge >= 0.3 is 46.9 Å². The molecule has 0 unspecified atom stereocenters. The van der Waals surface area contributed by atoms with Crippen LogP contribution in [0.3, 0.4) is 0 Å². The highest BCUT2D eigenvalue weighted by atomic mass is 79.9. The zero-order chi connectivity index (χ0) is 39.0. The van der Waals surface area contributed by atoms with Crippen molar-refractivity contribution in [3.8, 4) is 17.2 Å². The quantitative estimate of drug-likeness (QED) is 0.115. The molecule has 26 heteroatoms. The molecule has 0 fully saturated rings. The molecule has 0 radical (unpaired) electrons. The summed E-state index contributed by atoms with van der Waals surface area (Å²) in [5.41, 5.74) is -17.1. The summed E-state index contributed by atoms with van der Waals surface area (Å²) in [6.45, 7) is 1.80. The van der Waals surface area contributed by atoms with Crippen LogP contribution in [0, 0.1) is 6.92 Å². The number of rotatable bonds is 4. The number of hydrogen-bond donors (Lipinski definition) is 2. The van der Waals surface area contributed by atoms with Gasteiger partial charge in [-0.2, -0.15) is 64.8 Å². The molecule has 4 rings (SSSR count). The molecule has 4 aromatic carbocycles. The van der Waals surface area contributed by atoms with Crippen LogP contribution in [0.1, 0.15) is 5.56 Å². The summed E-state index contributed by atoms with van der Waals surface area (Å²) in [7, 11) is -19.4. The highest BCUT2D eigenvalue weighted by Gasteiger charge is 2.57. The van der Waals surface area contributed by atoms with Gasteiger partial charge in [-0.3, -0.25) is 0 Å². The van der Waals surface area contributed by atoms with E-state index in [0.29, 0.717) is 14.3 Å². The maximum absolute atomic E-state index is 12.3. The molecule has 0 bridgehead atoms. The van der Waals surface area contributed by atoms with Crippen LogP contribution in [-0.4, -0.2) is 52.0 Å². The summed E-state index contributed by atoms with van der Waals surface area (Å²) in [4.78, 5) is 0. The number of phenols is 2. The first-order valence-electron chi connectivity index (χ1n) is 11.8. The number of benzene rings is 4. The molecule has 0 aliphatic heterocycles. The summed E-state index contributed by atoms with van der Waals surface area (Å²) in [6.07, 6.45) is 0. The van der Waals surface area contributed by atoms with Crippen LogP contribution in [0.2, 0.25) is 0 Å². The Kier molecular flexibility index (Phi) is 13.6. The van der Waals surface area contributed by atoms with E-state index in [1.165, 1.54) is 12.1 Å². The highest BCUT2D eigenvalue weighted by Crippen LogP contribution is 2.37. The van der Waals surface area contributed by atoms with Gasteiger partial charge in [0.15, 0.2) is 5.75 Å². The molecule has 2 N–H and O–H groups in total. The third kappa shape index (κ3) is 11.0. The Labute approximate surface area is 309 Å². The molecular formula is C24H13Br4F9O10S3. The minimum atomic E-state index is -6.85. The van der Waals surface area contributed by atoms with Crippen molar-refractivity contribution < 1.29 is 82.8 Å². The summed E-state index contributed by atoms with van der Waals surface area (Å²) >= 11 is 12.8. The number of phenolic OH excluding ortho intramolecular Hbond substituents is 2. The number of fused-ring (bicyclic) bond motifs is 2. The summed E-state index contributed by atoms with van der Waals surface area (Å²) in [5.74, 6) is -0.0833. The lowest BCUT2D eigenvalue weighted by Gasteiger charge is -2.12. The Bertz CT molecular complexity index is 2130. The largest absolute Gasteiger partial charge is 0.534 e. The van der Waals surface area contributed by atoms with Crippen molar-refractivity contribution >= 4 is 116 Å². The monoisotopic (exact) mass is 1040 g/mol. The fourth-order valence-electron chi connectivity index (χ4n) is 3.08. The van der Waals surface area contributed by atoms with Crippen molar-refractivity contribution in [2.24, 2.45) is 0 Å². The second-order valence-corrected chi connectivity index (χ2v) is 17.3. The average Bonchev–Trinajstić information content (AvgIpc) is 2.90. The summed E-state index contributed by atoms with van der Waals surface area (Å²) in [6, 6.07) is 13.0. The van der Waals surface area contributed by atoms with Crippen molar-refractivity contribution in [3.05, 3.63) is 72.0 Å². The molecule has 0 spiro atoms. The fraction of sp³-hybridized carbons (Fsp3) is 0.167. The lowest BCUT2D eigenvalue weighted by molar-refractivity contribution is -0.0586. The molecule has 50 heavy (non-hydrogen) atoms. The number of hydrogen-bond acceptors (Lipinski definition) is 10. The number of halogens is 13. The minimum Gasteiger partial charge on any atom is -0.507 e. The minimum absolute atomic E-state index is 0.110. The molecule has 0 aliphatic carbocycles. The van der Waals surface area contributed by atoms with E-state index in [1.807, 2.05) is 3.63 Å². The van der Waals surface area contributed by atoms with Crippen LogP contribution < -0.4 is 4.18 Å². The van der Waals surface area contributed by atoms with E-state index in [2.05, 4.69) is 67.9 Å². The van der Waals surface area contributed by atoms with Crippen molar-refractivity contribution in [2.45, 2.75) is 23.4 Å². The Hall–Kier alpha value is -2.10. The number of aromatic hydroxyl groups is 2. The Morgan fingerprint density at radius 2 is 0.820 bits per heavy atom. The van der Waals surface area contributed by atoms with Crippen molar-refractivity contribution in [3.63, 3.8) is 0 Å². The molecular weight excluding hydrogens is 1040 g/mol. The van der Waals surface area contributed by atoms with Gasteiger partial charge in [-0.15, -0.1) is 3.63 Å².